The van der Waals surface area contributed by atoms with Gasteiger partial charge in [-0.1, -0.05) is 30.3 Å². The summed E-state index contributed by atoms with van der Waals surface area (Å²) in [6.45, 7) is 2.80. The zero-order valence-corrected chi connectivity index (χ0v) is 19.7. The fraction of sp³-hybridized carbons (Fsp3) is 0.241. The third-order valence-corrected chi connectivity index (χ3v) is 6.31. The molecule has 5 heteroatoms. The Bertz CT molecular complexity index is 1210. The largest absolute Gasteiger partial charge is 0.497 e. The first-order valence-corrected chi connectivity index (χ1v) is 11.7. The fourth-order valence-electron chi connectivity index (χ4n) is 4.75. The molecule has 5 rings (SSSR count). The van der Waals surface area contributed by atoms with Gasteiger partial charge in [-0.2, -0.15) is 0 Å². The second-order valence-electron chi connectivity index (χ2n) is 8.56. The molecule has 0 amide bonds. The van der Waals surface area contributed by atoms with Crippen LogP contribution in [0.15, 0.2) is 91.1 Å². The number of aromatic nitrogens is 1. The Balaban J connectivity index is 1.48. The molecule has 0 aliphatic carbocycles. The third kappa shape index (κ3) is 4.80. The number of rotatable bonds is 7. The van der Waals surface area contributed by atoms with Crippen LogP contribution in [0.2, 0.25) is 0 Å². The van der Waals surface area contributed by atoms with E-state index in [2.05, 4.69) is 58.1 Å². The molecule has 1 aliphatic rings. The van der Waals surface area contributed by atoms with Crippen molar-refractivity contribution in [2.24, 2.45) is 0 Å². The Morgan fingerprint density at radius 1 is 0.735 bits per heavy atom. The third-order valence-electron chi connectivity index (χ3n) is 6.31. The smallest absolute Gasteiger partial charge is 0.127 e. The van der Waals surface area contributed by atoms with E-state index in [0.29, 0.717) is 0 Å². The molecule has 0 bridgehead atoms. The van der Waals surface area contributed by atoms with E-state index in [4.69, 9.17) is 14.2 Å². The zero-order valence-electron chi connectivity index (χ0n) is 19.7. The van der Waals surface area contributed by atoms with Crippen LogP contribution in [0.25, 0.3) is 0 Å². The number of para-hydroxylation sites is 1. The van der Waals surface area contributed by atoms with Gasteiger partial charge in [-0.3, -0.25) is 4.90 Å². The van der Waals surface area contributed by atoms with Crippen molar-refractivity contribution >= 4 is 0 Å². The van der Waals surface area contributed by atoms with Crippen molar-refractivity contribution in [3.05, 3.63) is 108 Å². The molecule has 1 aromatic heterocycles. The number of methoxy groups -OCH3 is 2. The number of aryl methyl sites for hydroxylation is 1. The van der Waals surface area contributed by atoms with Crippen LogP contribution >= 0.6 is 0 Å². The SMILES string of the molecule is COc1cc(OC)cc([C@@H]2c3cccn3CCCN2Cc2cccc(Oc3ccccc3)c2)c1. The van der Waals surface area contributed by atoms with Gasteiger partial charge in [0.2, 0.25) is 0 Å². The summed E-state index contributed by atoms with van der Waals surface area (Å²) in [6, 6.07) is 28.9. The minimum atomic E-state index is 0.0835. The van der Waals surface area contributed by atoms with Crippen molar-refractivity contribution in [1.82, 2.24) is 9.47 Å². The molecule has 3 aromatic carbocycles. The summed E-state index contributed by atoms with van der Waals surface area (Å²) in [6.07, 6.45) is 3.26. The van der Waals surface area contributed by atoms with Crippen LogP contribution < -0.4 is 14.2 Å². The molecular formula is C29H30N2O3. The van der Waals surface area contributed by atoms with Crippen LogP contribution in [0.4, 0.5) is 0 Å². The van der Waals surface area contributed by atoms with E-state index in [1.54, 1.807) is 14.2 Å². The first-order chi connectivity index (χ1) is 16.7. The normalized spacial score (nSPS) is 15.9. The van der Waals surface area contributed by atoms with Crippen molar-refractivity contribution in [1.29, 1.82) is 0 Å². The van der Waals surface area contributed by atoms with Gasteiger partial charge in [0.15, 0.2) is 0 Å². The maximum absolute atomic E-state index is 6.09. The van der Waals surface area contributed by atoms with Gasteiger partial charge in [0.25, 0.3) is 0 Å². The van der Waals surface area contributed by atoms with E-state index in [1.165, 1.54) is 11.3 Å². The summed E-state index contributed by atoms with van der Waals surface area (Å²) < 4.78 is 19.6. The van der Waals surface area contributed by atoms with Crippen molar-refractivity contribution in [2.45, 2.75) is 25.6 Å². The molecule has 34 heavy (non-hydrogen) atoms. The molecule has 0 N–H and O–H groups in total. The summed E-state index contributed by atoms with van der Waals surface area (Å²) in [5.74, 6) is 3.29. The maximum Gasteiger partial charge on any atom is 0.127 e. The van der Waals surface area contributed by atoms with Crippen molar-refractivity contribution in [3.63, 3.8) is 0 Å². The van der Waals surface area contributed by atoms with Gasteiger partial charge in [0.05, 0.1) is 20.3 Å². The number of hydrogen-bond donors (Lipinski definition) is 0. The number of nitrogens with zero attached hydrogens (tertiary/aromatic N) is 2. The van der Waals surface area contributed by atoms with E-state index < -0.39 is 0 Å². The van der Waals surface area contributed by atoms with Gasteiger partial charge in [-0.15, -0.1) is 0 Å². The predicted octanol–water partition coefficient (Wildman–Crippen LogP) is 6.29. The van der Waals surface area contributed by atoms with E-state index in [-0.39, 0.29) is 6.04 Å². The Kier molecular flexibility index (Phi) is 6.54. The summed E-state index contributed by atoms with van der Waals surface area (Å²) in [4.78, 5) is 2.54. The van der Waals surface area contributed by atoms with Crippen LogP contribution in [0.3, 0.4) is 0 Å². The topological polar surface area (TPSA) is 35.9 Å². The molecule has 4 aromatic rings. The lowest BCUT2D eigenvalue weighted by Gasteiger charge is -2.31. The van der Waals surface area contributed by atoms with Gasteiger partial charge < -0.3 is 18.8 Å². The second kappa shape index (κ2) is 10.1. The van der Waals surface area contributed by atoms with E-state index >= 15 is 0 Å². The highest BCUT2D eigenvalue weighted by Gasteiger charge is 2.28. The van der Waals surface area contributed by atoms with Crippen LogP contribution in [0, 0.1) is 0 Å². The molecule has 0 spiro atoms. The summed E-state index contributed by atoms with van der Waals surface area (Å²) in [5, 5.41) is 0. The summed E-state index contributed by atoms with van der Waals surface area (Å²) in [7, 11) is 3.40. The first kappa shape index (κ1) is 22.1. The van der Waals surface area contributed by atoms with Gasteiger partial charge >= 0.3 is 0 Å². The minimum absolute atomic E-state index is 0.0835. The molecule has 2 heterocycles. The molecule has 0 unspecified atom stereocenters. The minimum Gasteiger partial charge on any atom is -0.497 e. The number of fused-ring (bicyclic) bond motifs is 1. The van der Waals surface area contributed by atoms with Crippen LogP contribution in [0.1, 0.15) is 29.3 Å². The molecule has 1 aliphatic heterocycles. The van der Waals surface area contributed by atoms with Crippen LogP contribution in [-0.2, 0) is 13.1 Å². The molecule has 174 valence electrons. The Morgan fingerprint density at radius 2 is 1.50 bits per heavy atom. The molecule has 0 radical (unpaired) electrons. The van der Waals surface area contributed by atoms with Gasteiger partial charge in [0.1, 0.15) is 23.0 Å². The molecule has 5 nitrogen and oxygen atoms in total. The van der Waals surface area contributed by atoms with Crippen molar-refractivity contribution in [2.75, 3.05) is 20.8 Å². The predicted molar refractivity (Wildman–Crippen MR) is 134 cm³/mol. The highest BCUT2D eigenvalue weighted by Crippen LogP contribution is 2.37. The average molecular weight is 455 g/mol. The fourth-order valence-corrected chi connectivity index (χ4v) is 4.75. The monoisotopic (exact) mass is 454 g/mol. The Labute approximate surface area is 201 Å². The number of hydrogen-bond acceptors (Lipinski definition) is 4. The van der Waals surface area contributed by atoms with Crippen molar-refractivity contribution in [3.8, 4) is 23.0 Å². The second-order valence-corrected chi connectivity index (χ2v) is 8.56. The molecule has 0 saturated carbocycles. The summed E-state index contributed by atoms with van der Waals surface area (Å²) >= 11 is 0. The van der Waals surface area contributed by atoms with Gasteiger partial charge in [-0.25, -0.2) is 0 Å². The van der Waals surface area contributed by atoms with Crippen molar-refractivity contribution < 1.29 is 14.2 Å². The molecule has 1 atom stereocenters. The maximum atomic E-state index is 6.09. The molecule has 0 saturated heterocycles. The quantitative estimate of drug-likeness (QED) is 0.329. The molecular weight excluding hydrogens is 424 g/mol. The van der Waals surface area contributed by atoms with E-state index in [9.17, 15) is 0 Å². The molecule has 0 fully saturated rings. The standard InChI is InChI=1S/C29H30N2O3/c1-32-26-18-23(19-27(20-26)33-2)29-28-13-7-14-30(28)15-8-16-31(29)21-22-9-6-12-25(17-22)34-24-10-4-3-5-11-24/h3-7,9-14,17-20,29H,8,15-16,21H2,1-2H3/t29-/m1/s1. The van der Waals surface area contributed by atoms with Gasteiger partial charge in [-0.05, 0) is 66.1 Å². The highest BCUT2D eigenvalue weighted by atomic mass is 16.5. The Hall–Kier alpha value is -3.70. The van der Waals surface area contributed by atoms with Gasteiger partial charge in [0, 0.05) is 37.6 Å². The lowest BCUT2D eigenvalue weighted by atomic mass is 10.00. The lowest BCUT2D eigenvalue weighted by molar-refractivity contribution is 0.219. The number of ether oxygens (including phenoxy) is 3. The Morgan fingerprint density at radius 3 is 2.26 bits per heavy atom. The van der Waals surface area contributed by atoms with Crippen LogP contribution in [-0.4, -0.2) is 30.2 Å². The number of benzene rings is 3. The highest BCUT2D eigenvalue weighted by molar-refractivity contribution is 5.43. The lowest BCUT2D eigenvalue weighted by Crippen LogP contribution is -2.29. The van der Waals surface area contributed by atoms with Crippen LogP contribution in [0.5, 0.6) is 23.0 Å². The zero-order chi connectivity index (χ0) is 23.3. The van der Waals surface area contributed by atoms with E-state index in [1.807, 2.05) is 42.5 Å². The average Bonchev–Trinajstić information content (AvgIpc) is 3.25. The van der Waals surface area contributed by atoms with E-state index in [0.717, 1.165) is 54.6 Å². The first-order valence-electron chi connectivity index (χ1n) is 11.7. The summed E-state index contributed by atoms with van der Waals surface area (Å²) in [5.41, 5.74) is 3.66.